The van der Waals surface area contributed by atoms with Crippen molar-refractivity contribution in [3.05, 3.63) is 66.2 Å². The summed E-state index contributed by atoms with van der Waals surface area (Å²) in [6.07, 6.45) is 1.80. The highest BCUT2D eigenvalue weighted by Gasteiger charge is 2.16. The van der Waals surface area contributed by atoms with Gasteiger partial charge in [-0.3, -0.25) is 4.57 Å². The Balaban J connectivity index is 1.88. The number of aromatic nitrogens is 3. The molecule has 0 N–H and O–H groups in total. The molecule has 1 aromatic heterocycles. The quantitative estimate of drug-likeness (QED) is 0.288. The first kappa shape index (κ1) is 21.4. The molecule has 0 atom stereocenters. The van der Waals surface area contributed by atoms with Crippen molar-refractivity contribution in [3.8, 4) is 22.9 Å². The Morgan fingerprint density at radius 3 is 2.47 bits per heavy atom. The molecule has 0 bridgehead atoms. The highest BCUT2D eigenvalue weighted by Crippen LogP contribution is 2.31. The molecule has 30 heavy (non-hydrogen) atoms. The van der Waals surface area contributed by atoms with E-state index in [4.69, 9.17) is 14.2 Å². The molecule has 0 aliphatic rings. The van der Waals surface area contributed by atoms with Crippen LogP contribution in [0.4, 0.5) is 0 Å². The number of ether oxygens (including phenoxy) is 3. The van der Waals surface area contributed by atoms with Gasteiger partial charge in [0.2, 0.25) is 0 Å². The molecule has 1 heterocycles. The van der Waals surface area contributed by atoms with E-state index >= 15 is 0 Å². The van der Waals surface area contributed by atoms with Crippen molar-refractivity contribution in [2.24, 2.45) is 0 Å². The molecule has 0 unspecified atom stereocenters. The van der Waals surface area contributed by atoms with E-state index in [0.29, 0.717) is 35.2 Å². The Bertz CT molecular complexity index is 1030. The lowest BCUT2D eigenvalue weighted by Gasteiger charge is -2.11. The van der Waals surface area contributed by atoms with E-state index in [2.05, 4.69) is 16.8 Å². The number of carbonyl (C=O) groups excluding carboxylic acids is 1. The second kappa shape index (κ2) is 9.98. The van der Waals surface area contributed by atoms with Gasteiger partial charge in [0.15, 0.2) is 11.0 Å². The molecule has 156 valence electrons. The Kier molecular flexibility index (Phi) is 7.13. The van der Waals surface area contributed by atoms with Crippen LogP contribution in [0, 0.1) is 0 Å². The van der Waals surface area contributed by atoms with Crippen LogP contribution in [0.3, 0.4) is 0 Å². The monoisotopic (exact) mass is 425 g/mol. The van der Waals surface area contributed by atoms with Crippen LogP contribution in [0.15, 0.2) is 60.3 Å². The van der Waals surface area contributed by atoms with E-state index in [1.165, 1.54) is 18.9 Å². The van der Waals surface area contributed by atoms with Crippen molar-refractivity contribution in [2.75, 3.05) is 21.3 Å². The van der Waals surface area contributed by atoms with Crippen LogP contribution in [0.1, 0.15) is 15.9 Å². The molecule has 2 aromatic carbocycles. The van der Waals surface area contributed by atoms with E-state index in [1.807, 2.05) is 41.0 Å². The van der Waals surface area contributed by atoms with Gasteiger partial charge in [-0.1, -0.05) is 30.0 Å². The first-order chi connectivity index (χ1) is 14.6. The predicted octanol–water partition coefficient (Wildman–Crippen LogP) is 4.23. The third-order valence-corrected chi connectivity index (χ3v) is 5.39. The van der Waals surface area contributed by atoms with Crippen LogP contribution < -0.4 is 9.47 Å². The SMILES string of the molecule is C=CCn1c(SCc2cccc(C(=O)OC)c2)nnc1-c1cc(OC)cc(OC)c1. The summed E-state index contributed by atoms with van der Waals surface area (Å²) in [5.74, 6) is 2.31. The lowest BCUT2D eigenvalue weighted by molar-refractivity contribution is 0.0600. The van der Waals surface area contributed by atoms with Gasteiger partial charge >= 0.3 is 5.97 Å². The normalized spacial score (nSPS) is 10.5. The molecule has 0 aliphatic carbocycles. The van der Waals surface area contributed by atoms with Gasteiger partial charge in [0.25, 0.3) is 0 Å². The summed E-state index contributed by atoms with van der Waals surface area (Å²) in [7, 11) is 4.59. The van der Waals surface area contributed by atoms with Crippen molar-refractivity contribution in [3.63, 3.8) is 0 Å². The van der Waals surface area contributed by atoms with Crippen LogP contribution in [-0.4, -0.2) is 42.1 Å². The van der Waals surface area contributed by atoms with Crippen molar-refractivity contribution in [1.82, 2.24) is 14.8 Å². The molecule has 0 fully saturated rings. The maximum Gasteiger partial charge on any atom is 0.337 e. The number of hydrogen-bond acceptors (Lipinski definition) is 7. The fraction of sp³-hybridized carbons (Fsp3) is 0.227. The highest BCUT2D eigenvalue weighted by molar-refractivity contribution is 7.98. The van der Waals surface area contributed by atoms with Gasteiger partial charge in [-0.15, -0.1) is 16.8 Å². The second-order valence-electron chi connectivity index (χ2n) is 6.29. The minimum absolute atomic E-state index is 0.356. The number of thioether (sulfide) groups is 1. The van der Waals surface area contributed by atoms with Crippen molar-refractivity contribution in [2.45, 2.75) is 17.5 Å². The maximum atomic E-state index is 11.8. The number of hydrogen-bond donors (Lipinski definition) is 0. The Morgan fingerprint density at radius 2 is 1.83 bits per heavy atom. The number of benzene rings is 2. The van der Waals surface area contributed by atoms with Crippen LogP contribution >= 0.6 is 11.8 Å². The molecule has 0 radical (unpaired) electrons. The van der Waals surface area contributed by atoms with Gasteiger partial charge in [-0.2, -0.15) is 0 Å². The average Bonchev–Trinajstić information content (AvgIpc) is 3.19. The molecule has 0 saturated heterocycles. The van der Waals surface area contributed by atoms with Crippen LogP contribution in [0.2, 0.25) is 0 Å². The van der Waals surface area contributed by atoms with Gasteiger partial charge in [0.05, 0.1) is 26.9 Å². The zero-order valence-corrected chi connectivity index (χ0v) is 17.9. The third kappa shape index (κ3) is 4.83. The fourth-order valence-electron chi connectivity index (χ4n) is 2.89. The first-order valence-electron chi connectivity index (χ1n) is 9.17. The Labute approximate surface area is 179 Å². The van der Waals surface area contributed by atoms with Gasteiger partial charge < -0.3 is 14.2 Å². The molecular weight excluding hydrogens is 402 g/mol. The lowest BCUT2D eigenvalue weighted by atomic mass is 10.1. The topological polar surface area (TPSA) is 75.5 Å². The molecule has 3 rings (SSSR count). The average molecular weight is 426 g/mol. The number of methoxy groups -OCH3 is 3. The molecule has 3 aromatic rings. The summed E-state index contributed by atoms with van der Waals surface area (Å²) in [6.45, 7) is 4.40. The van der Waals surface area contributed by atoms with Gasteiger partial charge in [-0.25, -0.2) is 4.79 Å². The van der Waals surface area contributed by atoms with E-state index < -0.39 is 0 Å². The second-order valence-corrected chi connectivity index (χ2v) is 7.23. The fourth-order valence-corrected chi connectivity index (χ4v) is 3.78. The smallest absolute Gasteiger partial charge is 0.337 e. The minimum atomic E-state index is -0.356. The molecule has 0 spiro atoms. The van der Waals surface area contributed by atoms with Crippen LogP contribution in [0.25, 0.3) is 11.4 Å². The van der Waals surface area contributed by atoms with E-state index in [1.54, 1.807) is 26.4 Å². The third-order valence-electron chi connectivity index (χ3n) is 4.35. The van der Waals surface area contributed by atoms with Crippen LogP contribution in [0.5, 0.6) is 11.5 Å². The van der Waals surface area contributed by atoms with Crippen molar-refractivity contribution < 1.29 is 19.0 Å². The minimum Gasteiger partial charge on any atom is -0.497 e. The molecule has 0 amide bonds. The number of carbonyl (C=O) groups is 1. The standard InChI is InChI=1S/C22H23N3O4S/c1-5-9-25-20(17-11-18(27-2)13-19(12-17)28-3)23-24-22(25)30-14-15-7-6-8-16(10-15)21(26)29-4/h5-8,10-13H,1,9,14H2,2-4H3. The highest BCUT2D eigenvalue weighted by atomic mass is 32.2. The zero-order valence-electron chi connectivity index (χ0n) is 17.1. The van der Waals surface area contributed by atoms with Crippen LogP contribution in [-0.2, 0) is 17.0 Å². The summed E-state index contributed by atoms with van der Waals surface area (Å²) in [5, 5.41) is 9.50. The summed E-state index contributed by atoms with van der Waals surface area (Å²) in [4.78, 5) is 11.8. The maximum absolute atomic E-state index is 11.8. The molecular formula is C22H23N3O4S. The largest absolute Gasteiger partial charge is 0.497 e. The molecule has 0 aliphatic heterocycles. The lowest BCUT2D eigenvalue weighted by Crippen LogP contribution is -2.02. The zero-order chi connectivity index (χ0) is 21.5. The Morgan fingerprint density at radius 1 is 1.10 bits per heavy atom. The number of nitrogens with zero attached hydrogens (tertiary/aromatic N) is 3. The number of allylic oxidation sites excluding steroid dienone is 1. The van der Waals surface area contributed by atoms with Gasteiger partial charge in [0.1, 0.15) is 11.5 Å². The molecule has 0 saturated carbocycles. The number of esters is 1. The Hall–Kier alpha value is -3.26. The van der Waals surface area contributed by atoms with Gasteiger partial charge in [-0.05, 0) is 29.8 Å². The molecule has 8 heteroatoms. The number of rotatable bonds is 9. The van der Waals surface area contributed by atoms with Crippen molar-refractivity contribution in [1.29, 1.82) is 0 Å². The summed E-state index contributed by atoms with van der Waals surface area (Å²) < 4.78 is 17.5. The van der Waals surface area contributed by atoms with E-state index in [0.717, 1.165) is 16.3 Å². The van der Waals surface area contributed by atoms with E-state index in [9.17, 15) is 4.79 Å². The molecule has 7 nitrogen and oxygen atoms in total. The van der Waals surface area contributed by atoms with E-state index in [-0.39, 0.29) is 5.97 Å². The summed E-state index contributed by atoms with van der Waals surface area (Å²) in [5.41, 5.74) is 2.34. The first-order valence-corrected chi connectivity index (χ1v) is 10.2. The van der Waals surface area contributed by atoms with Gasteiger partial charge in [0, 0.05) is 23.9 Å². The summed E-state index contributed by atoms with van der Waals surface area (Å²) >= 11 is 1.53. The predicted molar refractivity (Wildman–Crippen MR) is 116 cm³/mol. The van der Waals surface area contributed by atoms with Crippen molar-refractivity contribution >= 4 is 17.7 Å². The summed E-state index contributed by atoms with van der Waals surface area (Å²) in [6, 6.07) is 12.9.